The van der Waals surface area contributed by atoms with Gasteiger partial charge in [0.15, 0.2) is 0 Å². The number of sulfonamides is 1. The Morgan fingerprint density at radius 1 is 1.41 bits per heavy atom. The van der Waals surface area contributed by atoms with Gasteiger partial charge in [0, 0.05) is 12.8 Å². The maximum Gasteiger partial charge on any atom is 0.319 e. The number of anilines is 2. The lowest BCUT2D eigenvalue weighted by molar-refractivity contribution is 0.165. The first-order valence-electron chi connectivity index (χ1n) is 6.59. The van der Waals surface area contributed by atoms with Crippen molar-refractivity contribution in [1.82, 2.24) is 5.32 Å². The number of nitrogens with one attached hydrogen (secondary N) is 3. The van der Waals surface area contributed by atoms with Crippen molar-refractivity contribution in [1.29, 1.82) is 0 Å². The molecule has 3 N–H and O–H groups in total. The van der Waals surface area contributed by atoms with Gasteiger partial charge in [0.05, 0.1) is 29.6 Å². The Kier molecular flexibility index (Phi) is 6.92. The average molecular weight is 350 g/mol. The first-order chi connectivity index (χ1) is 10.2. The molecule has 22 heavy (non-hydrogen) atoms. The highest BCUT2D eigenvalue weighted by Gasteiger charge is 2.11. The number of halogens is 1. The van der Waals surface area contributed by atoms with Gasteiger partial charge in [-0.05, 0) is 24.6 Å². The number of ether oxygens (including phenoxy) is 1. The summed E-state index contributed by atoms with van der Waals surface area (Å²) in [7, 11) is -1.84. The minimum atomic E-state index is -3.41. The van der Waals surface area contributed by atoms with E-state index in [9.17, 15) is 13.2 Å². The van der Waals surface area contributed by atoms with Crippen LogP contribution in [0.2, 0.25) is 5.02 Å². The first kappa shape index (κ1) is 18.5. The molecule has 0 aliphatic carbocycles. The molecule has 0 aliphatic heterocycles. The lowest BCUT2D eigenvalue weighted by Crippen LogP contribution is -2.40. The number of carbonyl (C=O) groups excluding carboxylic acids is 1. The molecular formula is C13H20ClN3O4S. The summed E-state index contributed by atoms with van der Waals surface area (Å²) in [6, 6.07) is 4.02. The Hall–Kier alpha value is -1.51. The third-order valence-corrected chi connectivity index (χ3v) is 3.62. The van der Waals surface area contributed by atoms with Gasteiger partial charge in [-0.25, -0.2) is 13.2 Å². The largest absolute Gasteiger partial charge is 0.383 e. The lowest BCUT2D eigenvalue weighted by atomic mass is 10.2. The predicted molar refractivity (Wildman–Crippen MR) is 88.0 cm³/mol. The summed E-state index contributed by atoms with van der Waals surface area (Å²) in [4.78, 5) is 11.8. The summed E-state index contributed by atoms with van der Waals surface area (Å²) in [6.45, 7) is 2.36. The Morgan fingerprint density at radius 2 is 2.09 bits per heavy atom. The molecule has 0 aliphatic rings. The molecule has 0 spiro atoms. The molecular weight excluding hydrogens is 330 g/mol. The van der Waals surface area contributed by atoms with Gasteiger partial charge in [-0.15, -0.1) is 0 Å². The molecule has 0 unspecified atom stereocenters. The van der Waals surface area contributed by atoms with E-state index < -0.39 is 10.0 Å². The Bertz CT molecular complexity index is 622. The molecule has 0 fully saturated rings. The van der Waals surface area contributed by atoms with Crippen molar-refractivity contribution in [2.75, 3.05) is 30.0 Å². The van der Waals surface area contributed by atoms with Crippen LogP contribution < -0.4 is 15.4 Å². The van der Waals surface area contributed by atoms with Crippen LogP contribution in [0.3, 0.4) is 0 Å². The maximum absolute atomic E-state index is 11.8. The summed E-state index contributed by atoms with van der Waals surface area (Å²) >= 11 is 5.98. The standard InChI is InChI=1S/C13H20ClN3O4S/c1-4-9(8-21-2)15-13(18)16-10-5-6-12(11(14)7-10)17-22(3,19)20/h5-7,9,17H,4,8H2,1-3H3,(H2,15,16,18)/t9-/m0/s1. The fourth-order valence-corrected chi connectivity index (χ4v) is 2.55. The topological polar surface area (TPSA) is 96.5 Å². The zero-order chi connectivity index (χ0) is 16.8. The number of amides is 2. The van der Waals surface area contributed by atoms with Crippen molar-refractivity contribution >= 4 is 39.0 Å². The molecule has 1 aromatic carbocycles. The van der Waals surface area contributed by atoms with Crippen LogP contribution in [0, 0.1) is 0 Å². The number of rotatable bonds is 7. The quantitative estimate of drug-likeness (QED) is 0.703. The van der Waals surface area contributed by atoms with E-state index >= 15 is 0 Å². The van der Waals surface area contributed by atoms with Crippen molar-refractivity contribution in [3.8, 4) is 0 Å². The molecule has 1 rings (SSSR count). The van der Waals surface area contributed by atoms with Crippen LogP contribution in [0.1, 0.15) is 13.3 Å². The number of hydrogen-bond donors (Lipinski definition) is 3. The summed E-state index contributed by atoms with van der Waals surface area (Å²) in [5.74, 6) is 0. The molecule has 0 saturated carbocycles. The van der Waals surface area contributed by atoms with Gasteiger partial charge in [-0.1, -0.05) is 18.5 Å². The zero-order valence-corrected chi connectivity index (χ0v) is 14.2. The van der Waals surface area contributed by atoms with E-state index in [1.54, 1.807) is 13.2 Å². The minimum Gasteiger partial charge on any atom is -0.383 e. The van der Waals surface area contributed by atoms with Crippen molar-refractivity contribution in [2.45, 2.75) is 19.4 Å². The predicted octanol–water partition coefficient (Wildman–Crippen LogP) is 2.26. The summed E-state index contributed by atoms with van der Waals surface area (Å²) in [5.41, 5.74) is 0.703. The van der Waals surface area contributed by atoms with Crippen molar-refractivity contribution in [2.24, 2.45) is 0 Å². The Labute approximate surface area is 135 Å². The monoisotopic (exact) mass is 349 g/mol. The van der Waals surface area contributed by atoms with E-state index in [0.717, 1.165) is 12.7 Å². The second kappa shape index (κ2) is 8.21. The van der Waals surface area contributed by atoms with Gasteiger partial charge < -0.3 is 15.4 Å². The molecule has 0 bridgehead atoms. The number of methoxy groups -OCH3 is 1. The third kappa shape index (κ3) is 6.50. The van der Waals surface area contributed by atoms with Gasteiger partial charge in [0.25, 0.3) is 0 Å². The number of benzene rings is 1. The fraction of sp³-hybridized carbons (Fsp3) is 0.462. The van der Waals surface area contributed by atoms with Crippen LogP contribution in [-0.4, -0.2) is 40.5 Å². The minimum absolute atomic E-state index is 0.0911. The first-order valence-corrected chi connectivity index (χ1v) is 8.86. The third-order valence-electron chi connectivity index (χ3n) is 2.72. The van der Waals surface area contributed by atoms with Crippen LogP contribution in [0.25, 0.3) is 0 Å². The molecule has 124 valence electrons. The molecule has 0 radical (unpaired) electrons. The normalized spacial score (nSPS) is 12.5. The second-order valence-electron chi connectivity index (χ2n) is 4.73. The highest BCUT2D eigenvalue weighted by Crippen LogP contribution is 2.26. The molecule has 9 heteroatoms. The molecule has 7 nitrogen and oxygen atoms in total. The highest BCUT2D eigenvalue weighted by atomic mass is 35.5. The van der Waals surface area contributed by atoms with Gasteiger partial charge >= 0.3 is 6.03 Å². The lowest BCUT2D eigenvalue weighted by Gasteiger charge is -2.16. The molecule has 2 amide bonds. The highest BCUT2D eigenvalue weighted by molar-refractivity contribution is 7.92. The van der Waals surface area contributed by atoms with Crippen molar-refractivity contribution < 1.29 is 17.9 Å². The van der Waals surface area contributed by atoms with Crippen LogP contribution in [0.4, 0.5) is 16.2 Å². The molecule has 0 aromatic heterocycles. The van der Waals surface area contributed by atoms with Crippen molar-refractivity contribution in [3.05, 3.63) is 23.2 Å². The summed E-state index contributed by atoms with van der Waals surface area (Å²) in [6.07, 6.45) is 1.77. The summed E-state index contributed by atoms with van der Waals surface area (Å²) in [5, 5.41) is 5.57. The van der Waals surface area contributed by atoms with Gasteiger partial charge in [-0.3, -0.25) is 4.72 Å². The molecule has 0 heterocycles. The van der Waals surface area contributed by atoms with Gasteiger partial charge in [0.1, 0.15) is 0 Å². The van der Waals surface area contributed by atoms with Crippen LogP contribution in [0.15, 0.2) is 18.2 Å². The molecule has 1 aromatic rings. The van der Waals surface area contributed by atoms with Crippen LogP contribution in [0.5, 0.6) is 0 Å². The van der Waals surface area contributed by atoms with Gasteiger partial charge in [-0.2, -0.15) is 0 Å². The maximum atomic E-state index is 11.8. The fourth-order valence-electron chi connectivity index (χ4n) is 1.69. The Morgan fingerprint density at radius 3 is 2.59 bits per heavy atom. The van der Waals surface area contributed by atoms with E-state index in [2.05, 4.69) is 15.4 Å². The van der Waals surface area contributed by atoms with E-state index in [1.165, 1.54) is 12.1 Å². The second-order valence-corrected chi connectivity index (χ2v) is 6.88. The number of hydrogen-bond acceptors (Lipinski definition) is 4. The van der Waals surface area contributed by atoms with Gasteiger partial charge in [0.2, 0.25) is 10.0 Å². The number of carbonyl (C=O) groups is 1. The van der Waals surface area contributed by atoms with E-state index in [4.69, 9.17) is 16.3 Å². The Balaban J connectivity index is 2.70. The SMILES string of the molecule is CC[C@@H](COC)NC(=O)Nc1ccc(NS(C)(=O)=O)c(Cl)c1. The van der Waals surface area contributed by atoms with E-state index in [0.29, 0.717) is 12.3 Å². The van der Waals surface area contributed by atoms with Crippen LogP contribution >= 0.6 is 11.6 Å². The number of urea groups is 1. The van der Waals surface area contributed by atoms with Crippen molar-refractivity contribution in [3.63, 3.8) is 0 Å². The summed E-state index contributed by atoms with van der Waals surface area (Å²) < 4.78 is 29.6. The van der Waals surface area contributed by atoms with Crippen LogP contribution in [-0.2, 0) is 14.8 Å². The zero-order valence-electron chi connectivity index (χ0n) is 12.6. The van der Waals surface area contributed by atoms with E-state index in [-0.39, 0.29) is 22.8 Å². The average Bonchev–Trinajstić information content (AvgIpc) is 2.40. The molecule has 0 saturated heterocycles. The smallest absolute Gasteiger partial charge is 0.319 e. The molecule has 1 atom stereocenters. The van der Waals surface area contributed by atoms with E-state index in [1.807, 2.05) is 6.92 Å².